The third kappa shape index (κ3) is 11.1. The summed E-state index contributed by atoms with van der Waals surface area (Å²) >= 11 is 0. The molecule has 0 saturated carbocycles. The van der Waals surface area contributed by atoms with Crippen molar-refractivity contribution >= 4 is 0 Å². The Bertz CT molecular complexity index is 187. The average Bonchev–Trinajstić information content (AvgIpc) is 2.47. The molecule has 128 valence electrons. The van der Waals surface area contributed by atoms with Crippen molar-refractivity contribution in [3.05, 3.63) is 0 Å². The van der Waals surface area contributed by atoms with Gasteiger partial charge in [-0.15, -0.1) is 0 Å². The van der Waals surface area contributed by atoms with E-state index in [-0.39, 0.29) is 5.41 Å². The zero-order valence-corrected chi connectivity index (χ0v) is 14.6. The maximum absolute atomic E-state index is 5.84. The quantitative estimate of drug-likeness (QED) is 0.408. The monoisotopic (exact) mass is 304 g/mol. The van der Waals surface area contributed by atoms with Gasteiger partial charge in [-0.3, -0.25) is 0 Å². The Morgan fingerprint density at radius 2 is 1.05 bits per heavy atom. The summed E-state index contributed by atoms with van der Waals surface area (Å²) in [4.78, 5) is 0. The van der Waals surface area contributed by atoms with E-state index in [9.17, 15) is 0 Å². The summed E-state index contributed by atoms with van der Waals surface area (Å²) in [7, 11) is 3.44. The predicted octanol–water partition coefficient (Wildman–Crippen LogP) is 3.68. The highest BCUT2D eigenvalue weighted by molar-refractivity contribution is 4.79. The van der Waals surface area contributed by atoms with E-state index in [1.165, 1.54) is 25.7 Å². The van der Waals surface area contributed by atoms with Gasteiger partial charge in [0.1, 0.15) is 0 Å². The summed E-state index contributed by atoms with van der Waals surface area (Å²) < 4.78 is 22.4. The Kier molecular flexibility index (Phi) is 14.7. The molecule has 21 heavy (non-hydrogen) atoms. The lowest BCUT2D eigenvalue weighted by Gasteiger charge is -2.32. The molecule has 0 bridgehead atoms. The van der Waals surface area contributed by atoms with Gasteiger partial charge in [0.25, 0.3) is 0 Å². The molecule has 4 nitrogen and oxygen atoms in total. The van der Waals surface area contributed by atoms with E-state index in [1.54, 1.807) is 14.2 Å². The van der Waals surface area contributed by atoms with Gasteiger partial charge in [0.05, 0.1) is 31.8 Å². The number of hydrogen-bond acceptors (Lipinski definition) is 4. The maximum Gasteiger partial charge on any atom is 0.0637 e. The summed E-state index contributed by atoms with van der Waals surface area (Å²) in [6.45, 7) is 8.47. The maximum atomic E-state index is 5.84. The van der Waals surface area contributed by atoms with Crippen LogP contribution in [0.1, 0.15) is 52.4 Å². The van der Waals surface area contributed by atoms with Gasteiger partial charge in [0.2, 0.25) is 0 Å². The minimum absolute atomic E-state index is 0.193. The van der Waals surface area contributed by atoms with Gasteiger partial charge in [-0.25, -0.2) is 0 Å². The van der Waals surface area contributed by atoms with Gasteiger partial charge in [-0.2, -0.15) is 0 Å². The van der Waals surface area contributed by atoms with Crippen molar-refractivity contribution in [2.45, 2.75) is 52.4 Å². The first-order chi connectivity index (χ1) is 10.2. The SMILES string of the molecule is CCCCCOCC(COC)(COC)COCCCCC. The zero-order valence-electron chi connectivity index (χ0n) is 14.6. The largest absolute Gasteiger partial charge is 0.384 e. The minimum Gasteiger partial charge on any atom is -0.384 e. The summed E-state index contributed by atoms with van der Waals surface area (Å²) in [5, 5.41) is 0. The summed E-state index contributed by atoms with van der Waals surface area (Å²) in [5.41, 5.74) is -0.193. The van der Waals surface area contributed by atoms with Crippen molar-refractivity contribution in [3.8, 4) is 0 Å². The fraction of sp³-hybridized carbons (Fsp3) is 1.00. The Labute approximate surface area is 131 Å². The average molecular weight is 304 g/mol. The molecule has 0 aliphatic heterocycles. The van der Waals surface area contributed by atoms with Crippen LogP contribution in [-0.4, -0.2) is 53.9 Å². The molecular formula is C17H36O4. The standard InChI is InChI=1S/C17H36O4/c1-5-7-9-11-20-15-17(13-18-3,14-19-4)16-21-12-10-8-6-2/h5-16H2,1-4H3. The molecule has 0 aromatic carbocycles. The van der Waals surface area contributed by atoms with Crippen LogP contribution in [0.5, 0.6) is 0 Å². The molecule has 0 N–H and O–H groups in total. The lowest BCUT2D eigenvalue weighted by molar-refractivity contribution is -0.0932. The zero-order chi connectivity index (χ0) is 15.8. The van der Waals surface area contributed by atoms with Crippen LogP contribution in [0.15, 0.2) is 0 Å². The predicted molar refractivity (Wildman–Crippen MR) is 86.9 cm³/mol. The van der Waals surface area contributed by atoms with E-state index in [1.807, 2.05) is 0 Å². The van der Waals surface area contributed by atoms with Crippen LogP contribution < -0.4 is 0 Å². The second-order valence-corrected chi connectivity index (χ2v) is 5.89. The van der Waals surface area contributed by atoms with Crippen LogP contribution in [0.2, 0.25) is 0 Å². The molecule has 4 heteroatoms. The van der Waals surface area contributed by atoms with Gasteiger partial charge in [-0.1, -0.05) is 39.5 Å². The summed E-state index contributed by atoms with van der Waals surface area (Å²) in [5.74, 6) is 0. The van der Waals surface area contributed by atoms with E-state index in [2.05, 4.69) is 13.8 Å². The molecule has 0 aromatic heterocycles. The van der Waals surface area contributed by atoms with Gasteiger partial charge >= 0.3 is 0 Å². The van der Waals surface area contributed by atoms with Crippen molar-refractivity contribution in [2.75, 3.05) is 53.9 Å². The Morgan fingerprint density at radius 3 is 1.38 bits per heavy atom. The van der Waals surface area contributed by atoms with Crippen LogP contribution in [0, 0.1) is 5.41 Å². The molecule has 0 amide bonds. The third-order valence-electron chi connectivity index (χ3n) is 3.50. The van der Waals surface area contributed by atoms with Gasteiger partial charge in [0.15, 0.2) is 0 Å². The van der Waals surface area contributed by atoms with Crippen molar-refractivity contribution in [3.63, 3.8) is 0 Å². The fourth-order valence-electron chi connectivity index (χ4n) is 2.35. The van der Waals surface area contributed by atoms with E-state index in [4.69, 9.17) is 18.9 Å². The summed E-state index contributed by atoms with van der Waals surface area (Å²) in [6.07, 6.45) is 7.09. The van der Waals surface area contributed by atoms with E-state index in [0.29, 0.717) is 26.4 Å². The number of ether oxygens (including phenoxy) is 4. The first kappa shape index (κ1) is 20.8. The van der Waals surface area contributed by atoms with Crippen LogP contribution in [-0.2, 0) is 18.9 Å². The van der Waals surface area contributed by atoms with Crippen LogP contribution >= 0.6 is 0 Å². The smallest absolute Gasteiger partial charge is 0.0637 e. The van der Waals surface area contributed by atoms with Crippen LogP contribution in [0.25, 0.3) is 0 Å². The summed E-state index contributed by atoms with van der Waals surface area (Å²) in [6, 6.07) is 0. The molecule has 0 atom stereocenters. The first-order valence-corrected chi connectivity index (χ1v) is 8.38. The van der Waals surface area contributed by atoms with Crippen molar-refractivity contribution in [1.29, 1.82) is 0 Å². The van der Waals surface area contributed by atoms with Crippen LogP contribution in [0.3, 0.4) is 0 Å². The Hall–Kier alpha value is -0.160. The number of unbranched alkanes of at least 4 members (excludes halogenated alkanes) is 4. The van der Waals surface area contributed by atoms with Gasteiger partial charge < -0.3 is 18.9 Å². The fourth-order valence-corrected chi connectivity index (χ4v) is 2.35. The molecule has 0 rings (SSSR count). The van der Waals surface area contributed by atoms with Crippen LogP contribution in [0.4, 0.5) is 0 Å². The molecule has 0 aromatic rings. The van der Waals surface area contributed by atoms with Gasteiger partial charge in [-0.05, 0) is 12.8 Å². The van der Waals surface area contributed by atoms with E-state index in [0.717, 1.165) is 26.1 Å². The molecule has 0 radical (unpaired) electrons. The van der Waals surface area contributed by atoms with Gasteiger partial charge in [0, 0.05) is 27.4 Å². The number of rotatable bonds is 16. The Morgan fingerprint density at radius 1 is 0.619 bits per heavy atom. The molecular weight excluding hydrogens is 268 g/mol. The molecule has 0 heterocycles. The van der Waals surface area contributed by atoms with Crippen molar-refractivity contribution in [2.24, 2.45) is 5.41 Å². The van der Waals surface area contributed by atoms with E-state index >= 15 is 0 Å². The second-order valence-electron chi connectivity index (χ2n) is 5.89. The highest BCUT2D eigenvalue weighted by Crippen LogP contribution is 2.20. The normalized spacial score (nSPS) is 12.0. The number of methoxy groups -OCH3 is 2. The molecule has 0 fully saturated rings. The lowest BCUT2D eigenvalue weighted by Crippen LogP contribution is -2.41. The second kappa shape index (κ2) is 14.8. The first-order valence-electron chi connectivity index (χ1n) is 8.38. The molecule has 0 aliphatic rings. The highest BCUT2D eigenvalue weighted by Gasteiger charge is 2.31. The van der Waals surface area contributed by atoms with Crippen molar-refractivity contribution < 1.29 is 18.9 Å². The van der Waals surface area contributed by atoms with Crippen molar-refractivity contribution in [1.82, 2.24) is 0 Å². The number of hydrogen-bond donors (Lipinski definition) is 0. The molecule has 0 aliphatic carbocycles. The third-order valence-corrected chi connectivity index (χ3v) is 3.50. The molecule has 0 unspecified atom stereocenters. The lowest BCUT2D eigenvalue weighted by atomic mass is 9.92. The molecule has 0 saturated heterocycles. The minimum atomic E-state index is -0.193. The Balaban J connectivity index is 4.16. The highest BCUT2D eigenvalue weighted by atomic mass is 16.5. The molecule has 0 spiro atoms. The van der Waals surface area contributed by atoms with E-state index < -0.39 is 0 Å². The topological polar surface area (TPSA) is 36.9 Å².